The molecular weight excluding hydrogens is 340 g/mol. The summed E-state index contributed by atoms with van der Waals surface area (Å²) < 4.78 is 30.3. The van der Waals surface area contributed by atoms with E-state index in [4.69, 9.17) is 4.74 Å². The van der Waals surface area contributed by atoms with Crippen LogP contribution in [0.2, 0.25) is 0 Å². The van der Waals surface area contributed by atoms with Gasteiger partial charge in [-0.05, 0) is 35.7 Å². The van der Waals surface area contributed by atoms with E-state index in [9.17, 15) is 13.2 Å². The lowest BCUT2D eigenvalue weighted by molar-refractivity contribution is 0.102. The first-order valence-corrected chi connectivity index (χ1v) is 9.66. The highest BCUT2D eigenvalue weighted by Gasteiger charge is 2.12. The Morgan fingerprint density at radius 3 is 2.24 bits per heavy atom. The lowest BCUT2D eigenvalue weighted by Gasteiger charge is -2.12. The molecule has 7 heteroatoms. The highest BCUT2D eigenvalue weighted by molar-refractivity contribution is 7.92. The number of benzene rings is 2. The highest BCUT2D eigenvalue weighted by Crippen LogP contribution is 2.29. The van der Waals surface area contributed by atoms with E-state index in [2.05, 4.69) is 23.9 Å². The number of rotatable bonds is 6. The summed E-state index contributed by atoms with van der Waals surface area (Å²) in [7, 11) is -1.99. The molecule has 6 nitrogen and oxygen atoms in total. The van der Waals surface area contributed by atoms with E-state index >= 15 is 0 Å². The zero-order valence-electron chi connectivity index (χ0n) is 14.7. The topological polar surface area (TPSA) is 84.5 Å². The molecule has 0 fully saturated rings. The Bertz CT molecular complexity index is 859. The number of nitrogens with one attached hydrogen (secondary N) is 2. The van der Waals surface area contributed by atoms with Crippen molar-refractivity contribution in [3.05, 3.63) is 53.6 Å². The van der Waals surface area contributed by atoms with Crippen molar-refractivity contribution < 1.29 is 17.9 Å². The molecule has 134 valence electrons. The van der Waals surface area contributed by atoms with Gasteiger partial charge in [-0.25, -0.2) is 8.42 Å². The Kier molecular flexibility index (Phi) is 5.69. The van der Waals surface area contributed by atoms with Gasteiger partial charge in [0.2, 0.25) is 10.0 Å². The molecule has 0 aliphatic rings. The summed E-state index contributed by atoms with van der Waals surface area (Å²) in [4.78, 5) is 12.3. The predicted octanol–water partition coefficient (Wildman–Crippen LogP) is 3.44. The third-order valence-electron chi connectivity index (χ3n) is 3.59. The van der Waals surface area contributed by atoms with E-state index in [0.29, 0.717) is 28.6 Å². The van der Waals surface area contributed by atoms with Gasteiger partial charge in [-0.15, -0.1) is 0 Å². The number of carbonyl (C=O) groups excluding carboxylic acids is 1. The fourth-order valence-corrected chi connectivity index (χ4v) is 2.84. The SMILES string of the molecule is COc1cc(NC(=O)c2ccc(C(C)C)cc2)ccc1NS(C)(=O)=O. The molecule has 0 radical (unpaired) electrons. The normalized spacial score (nSPS) is 11.2. The van der Waals surface area contributed by atoms with Crippen molar-refractivity contribution in [2.45, 2.75) is 19.8 Å². The van der Waals surface area contributed by atoms with Crippen LogP contribution in [0.4, 0.5) is 11.4 Å². The Morgan fingerprint density at radius 1 is 1.08 bits per heavy atom. The molecule has 0 aromatic heterocycles. The smallest absolute Gasteiger partial charge is 0.255 e. The summed E-state index contributed by atoms with van der Waals surface area (Å²) in [6, 6.07) is 12.1. The van der Waals surface area contributed by atoms with Crippen molar-refractivity contribution in [3.8, 4) is 5.75 Å². The molecule has 0 saturated heterocycles. The van der Waals surface area contributed by atoms with Crippen LogP contribution in [0.25, 0.3) is 0 Å². The van der Waals surface area contributed by atoms with Crippen LogP contribution >= 0.6 is 0 Å². The van der Waals surface area contributed by atoms with Crippen LogP contribution in [0.3, 0.4) is 0 Å². The monoisotopic (exact) mass is 362 g/mol. The van der Waals surface area contributed by atoms with E-state index in [1.54, 1.807) is 24.3 Å². The molecule has 0 heterocycles. The quantitative estimate of drug-likeness (QED) is 0.824. The number of sulfonamides is 1. The molecule has 0 unspecified atom stereocenters. The molecule has 2 rings (SSSR count). The zero-order valence-corrected chi connectivity index (χ0v) is 15.5. The van der Waals surface area contributed by atoms with Crippen LogP contribution < -0.4 is 14.8 Å². The second kappa shape index (κ2) is 7.57. The van der Waals surface area contributed by atoms with Crippen LogP contribution in [-0.2, 0) is 10.0 Å². The first kappa shape index (κ1) is 18.8. The first-order chi connectivity index (χ1) is 11.7. The molecule has 0 saturated carbocycles. The standard InChI is InChI=1S/C18H22N2O4S/c1-12(2)13-5-7-14(8-6-13)18(21)19-15-9-10-16(17(11-15)24-3)20-25(4,22)23/h5-12,20H,1-4H3,(H,19,21). The van der Waals surface area contributed by atoms with Crippen LogP contribution in [0.1, 0.15) is 35.7 Å². The molecule has 0 aliphatic heterocycles. The van der Waals surface area contributed by atoms with Crippen LogP contribution in [-0.4, -0.2) is 27.7 Å². The number of amides is 1. The van der Waals surface area contributed by atoms with Crippen molar-refractivity contribution >= 4 is 27.3 Å². The Labute approximate surface area is 148 Å². The summed E-state index contributed by atoms with van der Waals surface area (Å²) in [6.45, 7) is 4.18. The fraction of sp³-hybridized carbons (Fsp3) is 0.278. The van der Waals surface area contributed by atoms with Gasteiger partial charge in [-0.2, -0.15) is 0 Å². The van der Waals surface area contributed by atoms with Crippen molar-refractivity contribution in [1.82, 2.24) is 0 Å². The minimum atomic E-state index is -3.42. The maximum Gasteiger partial charge on any atom is 0.255 e. The molecule has 2 N–H and O–H groups in total. The average molecular weight is 362 g/mol. The summed E-state index contributed by atoms with van der Waals surface area (Å²) in [5.41, 5.74) is 2.52. The maximum absolute atomic E-state index is 12.3. The van der Waals surface area contributed by atoms with Gasteiger partial charge in [0.15, 0.2) is 0 Å². The third kappa shape index (κ3) is 5.22. The largest absolute Gasteiger partial charge is 0.494 e. The molecular formula is C18H22N2O4S. The van der Waals surface area contributed by atoms with E-state index < -0.39 is 10.0 Å². The average Bonchev–Trinajstić information content (AvgIpc) is 2.55. The molecule has 2 aromatic rings. The molecule has 0 atom stereocenters. The lowest BCUT2D eigenvalue weighted by Crippen LogP contribution is -2.13. The summed E-state index contributed by atoms with van der Waals surface area (Å²) in [5, 5.41) is 2.78. The van der Waals surface area contributed by atoms with E-state index in [-0.39, 0.29) is 5.91 Å². The van der Waals surface area contributed by atoms with Gasteiger partial charge in [0.1, 0.15) is 5.75 Å². The third-order valence-corrected chi connectivity index (χ3v) is 4.18. The number of hydrogen-bond acceptors (Lipinski definition) is 4. The van der Waals surface area contributed by atoms with E-state index in [1.165, 1.54) is 13.2 Å². The van der Waals surface area contributed by atoms with Gasteiger partial charge in [0.05, 0.1) is 19.1 Å². The summed E-state index contributed by atoms with van der Waals surface area (Å²) in [6.07, 6.45) is 1.06. The minimum absolute atomic E-state index is 0.249. The summed E-state index contributed by atoms with van der Waals surface area (Å²) in [5.74, 6) is 0.468. The van der Waals surface area contributed by atoms with Crippen LogP contribution in [0.15, 0.2) is 42.5 Å². The van der Waals surface area contributed by atoms with Crippen molar-refractivity contribution in [2.75, 3.05) is 23.4 Å². The Morgan fingerprint density at radius 2 is 1.72 bits per heavy atom. The van der Waals surface area contributed by atoms with Gasteiger partial charge in [-0.1, -0.05) is 26.0 Å². The van der Waals surface area contributed by atoms with E-state index in [1.807, 2.05) is 12.1 Å². The molecule has 0 bridgehead atoms. The Hall–Kier alpha value is -2.54. The number of hydrogen-bond donors (Lipinski definition) is 2. The first-order valence-electron chi connectivity index (χ1n) is 7.76. The van der Waals surface area contributed by atoms with Gasteiger partial charge in [0.25, 0.3) is 5.91 Å². The van der Waals surface area contributed by atoms with E-state index in [0.717, 1.165) is 11.8 Å². The maximum atomic E-state index is 12.3. The van der Waals surface area contributed by atoms with Crippen molar-refractivity contribution in [2.24, 2.45) is 0 Å². The van der Waals surface area contributed by atoms with Crippen molar-refractivity contribution in [1.29, 1.82) is 0 Å². The lowest BCUT2D eigenvalue weighted by atomic mass is 10.0. The van der Waals surface area contributed by atoms with Crippen LogP contribution in [0, 0.1) is 0 Å². The Balaban J connectivity index is 2.17. The molecule has 1 amide bonds. The van der Waals surface area contributed by atoms with Gasteiger partial charge in [-0.3, -0.25) is 9.52 Å². The minimum Gasteiger partial charge on any atom is -0.494 e. The zero-order chi connectivity index (χ0) is 18.6. The predicted molar refractivity (Wildman–Crippen MR) is 99.9 cm³/mol. The van der Waals surface area contributed by atoms with Gasteiger partial charge >= 0.3 is 0 Å². The molecule has 25 heavy (non-hydrogen) atoms. The number of carbonyl (C=O) groups is 1. The van der Waals surface area contributed by atoms with Gasteiger partial charge in [0, 0.05) is 17.3 Å². The molecule has 0 spiro atoms. The number of ether oxygens (including phenoxy) is 1. The van der Waals surface area contributed by atoms with Gasteiger partial charge < -0.3 is 10.1 Å². The summed E-state index contributed by atoms with van der Waals surface area (Å²) >= 11 is 0. The van der Waals surface area contributed by atoms with Crippen LogP contribution in [0.5, 0.6) is 5.75 Å². The molecule has 2 aromatic carbocycles. The second-order valence-corrected chi connectivity index (χ2v) is 7.77. The second-order valence-electron chi connectivity index (χ2n) is 6.02. The fourth-order valence-electron chi connectivity index (χ4n) is 2.28. The number of anilines is 2. The number of methoxy groups -OCH3 is 1. The van der Waals surface area contributed by atoms with Crippen molar-refractivity contribution in [3.63, 3.8) is 0 Å². The highest BCUT2D eigenvalue weighted by atomic mass is 32.2. The molecule has 0 aliphatic carbocycles.